The third-order valence-corrected chi connectivity index (χ3v) is 3.86. The Morgan fingerprint density at radius 1 is 1.32 bits per heavy atom. The molecule has 0 spiro atoms. The maximum Gasteiger partial charge on any atom is 0.128 e. The topological polar surface area (TPSA) is 15.3 Å². The maximum atomic E-state index is 13.9. The molecule has 1 saturated heterocycles. The van der Waals surface area contributed by atoms with Gasteiger partial charge in [-0.15, -0.1) is 0 Å². The predicted molar refractivity (Wildman–Crippen MR) is 73.0 cm³/mol. The van der Waals surface area contributed by atoms with Crippen molar-refractivity contribution in [1.29, 1.82) is 0 Å². The number of benzene rings is 1. The van der Waals surface area contributed by atoms with Crippen molar-refractivity contribution in [2.24, 2.45) is 0 Å². The number of nitrogens with zero attached hydrogens (tertiary/aromatic N) is 1. The molecule has 1 aliphatic heterocycles. The molecule has 2 unspecified atom stereocenters. The first kappa shape index (κ1) is 14.4. The molecule has 2 rings (SSSR count). The van der Waals surface area contributed by atoms with Crippen LogP contribution >= 0.6 is 0 Å². The summed E-state index contributed by atoms with van der Waals surface area (Å²) in [5, 5.41) is 3.47. The van der Waals surface area contributed by atoms with Crippen LogP contribution in [0.4, 0.5) is 8.78 Å². The predicted octanol–water partition coefficient (Wildman–Crippen LogP) is 3.10. The molecule has 1 aliphatic rings. The second-order valence-corrected chi connectivity index (χ2v) is 5.53. The van der Waals surface area contributed by atoms with Gasteiger partial charge in [0, 0.05) is 17.6 Å². The zero-order valence-electron chi connectivity index (χ0n) is 11.6. The number of hydrogen-bond acceptors (Lipinski definition) is 2. The molecule has 0 amide bonds. The molecule has 2 nitrogen and oxygen atoms in total. The van der Waals surface area contributed by atoms with Crippen LogP contribution in [0.5, 0.6) is 0 Å². The molecule has 1 heterocycles. The third kappa shape index (κ3) is 3.74. The Hall–Kier alpha value is -1.00. The van der Waals surface area contributed by atoms with E-state index in [-0.39, 0.29) is 17.7 Å². The van der Waals surface area contributed by atoms with Crippen molar-refractivity contribution < 1.29 is 8.78 Å². The van der Waals surface area contributed by atoms with E-state index < -0.39 is 0 Å². The summed E-state index contributed by atoms with van der Waals surface area (Å²) >= 11 is 0. The van der Waals surface area contributed by atoms with Crippen molar-refractivity contribution in [3.8, 4) is 0 Å². The lowest BCUT2D eigenvalue weighted by Gasteiger charge is -2.31. The molecular formula is C15H22F2N2. The maximum absolute atomic E-state index is 13.9. The summed E-state index contributed by atoms with van der Waals surface area (Å²) in [6.07, 6.45) is 4.34. The van der Waals surface area contributed by atoms with Crippen LogP contribution in [-0.2, 0) is 0 Å². The molecule has 106 valence electrons. The first-order valence-corrected chi connectivity index (χ1v) is 6.92. The van der Waals surface area contributed by atoms with Crippen LogP contribution in [0.15, 0.2) is 18.2 Å². The van der Waals surface area contributed by atoms with E-state index in [1.165, 1.54) is 31.0 Å². The van der Waals surface area contributed by atoms with Crippen molar-refractivity contribution in [2.75, 3.05) is 20.6 Å². The Bertz CT molecular complexity index is 415. The summed E-state index contributed by atoms with van der Waals surface area (Å²) in [4.78, 5) is 1.97. The number of nitrogens with one attached hydrogen (secondary N) is 1. The van der Waals surface area contributed by atoms with Crippen molar-refractivity contribution in [3.05, 3.63) is 35.4 Å². The average molecular weight is 268 g/mol. The van der Waals surface area contributed by atoms with Crippen molar-refractivity contribution >= 4 is 0 Å². The van der Waals surface area contributed by atoms with Gasteiger partial charge >= 0.3 is 0 Å². The lowest BCUT2D eigenvalue weighted by atomic mass is 9.93. The van der Waals surface area contributed by atoms with Crippen LogP contribution in [-0.4, -0.2) is 31.6 Å². The van der Waals surface area contributed by atoms with Gasteiger partial charge in [-0.1, -0.05) is 6.42 Å². The molecule has 1 aromatic carbocycles. The highest BCUT2D eigenvalue weighted by atomic mass is 19.1. The smallest absolute Gasteiger partial charge is 0.128 e. The van der Waals surface area contributed by atoms with Gasteiger partial charge in [-0.05, 0) is 58.1 Å². The van der Waals surface area contributed by atoms with Crippen LogP contribution in [0.2, 0.25) is 0 Å². The van der Waals surface area contributed by atoms with Crippen LogP contribution in [0, 0.1) is 11.6 Å². The lowest BCUT2D eigenvalue weighted by molar-refractivity contribution is 0.234. The molecule has 1 aromatic rings. The number of hydrogen-bond donors (Lipinski definition) is 1. The highest BCUT2D eigenvalue weighted by Crippen LogP contribution is 2.28. The van der Waals surface area contributed by atoms with Gasteiger partial charge in [-0.25, -0.2) is 8.78 Å². The Morgan fingerprint density at radius 2 is 2.11 bits per heavy atom. The highest BCUT2D eigenvalue weighted by molar-refractivity contribution is 5.22. The van der Waals surface area contributed by atoms with Gasteiger partial charge in [0.15, 0.2) is 0 Å². The van der Waals surface area contributed by atoms with Gasteiger partial charge in [-0.3, -0.25) is 0 Å². The van der Waals surface area contributed by atoms with Crippen LogP contribution < -0.4 is 5.32 Å². The highest BCUT2D eigenvalue weighted by Gasteiger charge is 2.24. The van der Waals surface area contributed by atoms with E-state index in [9.17, 15) is 8.78 Å². The van der Waals surface area contributed by atoms with Crippen LogP contribution in [0.25, 0.3) is 0 Å². The van der Waals surface area contributed by atoms with Gasteiger partial charge in [0.05, 0.1) is 0 Å². The molecule has 4 heteroatoms. The van der Waals surface area contributed by atoms with E-state index in [0.717, 1.165) is 19.4 Å². The van der Waals surface area contributed by atoms with E-state index >= 15 is 0 Å². The fourth-order valence-corrected chi connectivity index (χ4v) is 2.78. The van der Waals surface area contributed by atoms with Gasteiger partial charge in [0.2, 0.25) is 0 Å². The summed E-state index contributed by atoms with van der Waals surface area (Å²) in [7, 11) is 3.83. The number of piperidine rings is 1. The Morgan fingerprint density at radius 3 is 2.74 bits per heavy atom. The van der Waals surface area contributed by atoms with E-state index in [0.29, 0.717) is 11.6 Å². The van der Waals surface area contributed by atoms with Gasteiger partial charge in [0.25, 0.3) is 0 Å². The monoisotopic (exact) mass is 268 g/mol. The van der Waals surface area contributed by atoms with Crippen molar-refractivity contribution in [2.45, 2.75) is 37.8 Å². The summed E-state index contributed by atoms with van der Waals surface area (Å²) < 4.78 is 27.3. The standard InChI is InChI=1S/C15H22F2N2/c1-19(2)15(10-12-5-3-4-8-18-12)13-9-11(16)6-7-14(13)17/h6-7,9,12,15,18H,3-5,8,10H2,1-2H3. The molecule has 0 bridgehead atoms. The molecule has 1 fully saturated rings. The first-order chi connectivity index (χ1) is 9.08. The van der Waals surface area contributed by atoms with Crippen molar-refractivity contribution in [3.63, 3.8) is 0 Å². The number of rotatable bonds is 4. The van der Waals surface area contributed by atoms with Crippen LogP contribution in [0.3, 0.4) is 0 Å². The first-order valence-electron chi connectivity index (χ1n) is 6.92. The summed E-state index contributed by atoms with van der Waals surface area (Å²) in [5.74, 6) is -0.698. The van der Waals surface area contributed by atoms with E-state index in [2.05, 4.69) is 5.32 Å². The van der Waals surface area contributed by atoms with Crippen molar-refractivity contribution in [1.82, 2.24) is 10.2 Å². The molecular weight excluding hydrogens is 246 g/mol. The van der Waals surface area contributed by atoms with Gasteiger partial charge in [-0.2, -0.15) is 0 Å². The minimum Gasteiger partial charge on any atom is -0.314 e. The zero-order valence-corrected chi connectivity index (χ0v) is 11.6. The molecule has 0 aliphatic carbocycles. The SMILES string of the molecule is CN(C)C(CC1CCCCN1)c1cc(F)ccc1F. The quantitative estimate of drug-likeness (QED) is 0.902. The van der Waals surface area contributed by atoms with E-state index in [1.54, 1.807) is 0 Å². The van der Waals surface area contributed by atoms with E-state index in [4.69, 9.17) is 0 Å². The fourth-order valence-electron chi connectivity index (χ4n) is 2.78. The molecule has 0 saturated carbocycles. The minimum absolute atomic E-state index is 0.0914. The molecule has 0 radical (unpaired) electrons. The Balaban J connectivity index is 2.16. The average Bonchev–Trinajstić information content (AvgIpc) is 2.40. The lowest BCUT2D eigenvalue weighted by Crippen LogP contribution is -2.37. The molecule has 1 N–H and O–H groups in total. The summed E-state index contributed by atoms with van der Waals surface area (Å²) in [5.41, 5.74) is 0.456. The summed E-state index contributed by atoms with van der Waals surface area (Å²) in [6.45, 7) is 1.02. The largest absolute Gasteiger partial charge is 0.314 e. The Labute approximate surface area is 113 Å². The summed E-state index contributed by atoms with van der Waals surface area (Å²) in [6, 6.07) is 4.01. The normalized spacial score (nSPS) is 21.6. The second-order valence-electron chi connectivity index (χ2n) is 5.53. The molecule has 2 atom stereocenters. The molecule has 19 heavy (non-hydrogen) atoms. The van der Waals surface area contributed by atoms with Gasteiger partial charge in [0.1, 0.15) is 11.6 Å². The third-order valence-electron chi connectivity index (χ3n) is 3.86. The Kier molecular flexibility index (Phi) is 4.88. The minimum atomic E-state index is -0.375. The number of halogens is 2. The zero-order chi connectivity index (χ0) is 13.8. The van der Waals surface area contributed by atoms with Gasteiger partial charge < -0.3 is 10.2 Å². The molecule has 0 aromatic heterocycles. The van der Waals surface area contributed by atoms with E-state index in [1.807, 2.05) is 19.0 Å². The fraction of sp³-hybridized carbons (Fsp3) is 0.600. The second kappa shape index (κ2) is 6.44. The van der Waals surface area contributed by atoms with Crippen LogP contribution in [0.1, 0.15) is 37.3 Å².